The highest BCUT2D eigenvalue weighted by molar-refractivity contribution is 8.00. The van der Waals surface area contributed by atoms with E-state index in [2.05, 4.69) is 9.97 Å². The van der Waals surface area contributed by atoms with Crippen molar-refractivity contribution in [1.29, 1.82) is 0 Å². The predicted octanol–water partition coefficient (Wildman–Crippen LogP) is 2.11. The zero-order chi connectivity index (χ0) is 12.1. The van der Waals surface area contributed by atoms with Crippen LogP contribution in [0.15, 0.2) is 11.4 Å². The first kappa shape index (κ1) is 13.0. The molecule has 1 atom stereocenters. The van der Waals surface area contributed by atoms with Gasteiger partial charge in [0, 0.05) is 11.1 Å². The molecule has 6 nitrogen and oxygen atoms in total. The van der Waals surface area contributed by atoms with Gasteiger partial charge < -0.3 is 4.74 Å². The Morgan fingerprint density at radius 2 is 2.38 bits per heavy atom. The lowest BCUT2D eigenvalue weighted by Crippen LogP contribution is -2.03. The Balaban J connectivity index is 3.12. The van der Waals surface area contributed by atoms with Crippen LogP contribution in [0.5, 0.6) is 5.88 Å². The first-order valence-corrected chi connectivity index (χ1v) is 5.77. The normalized spacial score (nSPS) is 12.2. The number of rotatable bonds is 5. The number of hydrogen-bond acceptors (Lipinski definition) is 6. The second-order valence-electron chi connectivity index (χ2n) is 2.88. The summed E-state index contributed by atoms with van der Waals surface area (Å²) < 4.78 is 4.82. The Labute approximate surface area is 102 Å². The molecular weight excluding hydrogens is 254 g/mol. The minimum absolute atomic E-state index is 0.0278. The number of ether oxygens (including phenoxy) is 1. The van der Waals surface area contributed by atoms with E-state index in [1.165, 1.54) is 25.2 Å². The third-order valence-electron chi connectivity index (χ3n) is 1.66. The summed E-state index contributed by atoms with van der Waals surface area (Å²) in [6.45, 7) is 1.86. The average Bonchev–Trinajstić information content (AvgIpc) is 2.28. The molecule has 0 aliphatic heterocycles. The van der Waals surface area contributed by atoms with E-state index >= 15 is 0 Å². The highest BCUT2D eigenvalue weighted by Gasteiger charge is 2.25. The molecule has 0 saturated heterocycles. The van der Waals surface area contributed by atoms with Crippen LogP contribution in [0.3, 0.4) is 0 Å². The summed E-state index contributed by atoms with van der Waals surface area (Å²) in [5.74, 6) is 0.345. The van der Waals surface area contributed by atoms with Gasteiger partial charge >= 0.3 is 5.69 Å². The van der Waals surface area contributed by atoms with Gasteiger partial charge in [-0.3, -0.25) is 10.1 Å². The number of aromatic nitrogens is 2. The van der Waals surface area contributed by atoms with Gasteiger partial charge in [0.05, 0.1) is 12.0 Å². The molecule has 0 bridgehead atoms. The fraction of sp³-hybridized carbons (Fsp3) is 0.500. The molecule has 88 valence electrons. The molecule has 1 rings (SSSR count). The lowest BCUT2D eigenvalue weighted by molar-refractivity contribution is -0.389. The Hall–Kier alpha value is -1.08. The van der Waals surface area contributed by atoms with Gasteiger partial charge in [0.25, 0.3) is 5.88 Å². The van der Waals surface area contributed by atoms with Gasteiger partial charge in [0.15, 0.2) is 5.03 Å². The van der Waals surface area contributed by atoms with Crippen molar-refractivity contribution in [2.45, 2.75) is 17.2 Å². The molecule has 0 fully saturated rings. The van der Waals surface area contributed by atoms with Gasteiger partial charge in [0.1, 0.15) is 6.33 Å². The number of halogens is 1. The number of alkyl halides is 1. The van der Waals surface area contributed by atoms with E-state index in [4.69, 9.17) is 16.3 Å². The minimum Gasteiger partial charge on any atom is -0.476 e. The zero-order valence-electron chi connectivity index (χ0n) is 8.71. The molecule has 0 aliphatic rings. The van der Waals surface area contributed by atoms with Gasteiger partial charge in [0.2, 0.25) is 0 Å². The summed E-state index contributed by atoms with van der Waals surface area (Å²) in [5, 5.41) is 11.2. The van der Waals surface area contributed by atoms with E-state index in [1.54, 1.807) is 0 Å². The maximum atomic E-state index is 10.9. The van der Waals surface area contributed by atoms with Crippen LogP contribution in [0.25, 0.3) is 0 Å². The number of methoxy groups -OCH3 is 1. The van der Waals surface area contributed by atoms with Gasteiger partial charge in [-0.05, 0) is 0 Å². The highest BCUT2D eigenvalue weighted by atomic mass is 35.5. The molecule has 0 aromatic carbocycles. The van der Waals surface area contributed by atoms with Gasteiger partial charge in [-0.25, -0.2) is 4.98 Å². The van der Waals surface area contributed by atoms with Gasteiger partial charge in [-0.15, -0.1) is 11.6 Å². The summed E-state index contributed by atoms with van der Waals surface area (Å²) in [4.78, 5) is 17.9. The maximum absolute atomic E-state index is 10.9. The van der Waals surface area contributed by atoms with E-state index in [0.717, 1.165) is 0 Å². The van der Waals surface area contributed by atoms with Crippen molar-refractivity contribution in [3.05, 3.63) is 16.4 Å². The molecule has 0 saturated carbocycles. The SMILES string of the molecule is COc1ncnc(SC(C)CCl)c1[N+](=O)[O-]. The molecule has 8 heteroatoms. The summed E-state index contributed by atoms with van der Waals surface area (Å²) >= 11 is 6.87. The molecule has 1 aromatic heterocycles. The number of nitrogens with zero attached hydrogens (tertiary/aromatic N) is 3. The lowest BCUT2D eigenvalue weighted by atomic mass is 10.5. The van der Waals surface area contributed by atoms with Crippen molar-refractivity contribution in [1.82, 2.24) is 9.97 Å². The van der Waals surface area contributed by atoms with Crippen LogP contribution in [0, 0.1) is 10.1 Å². The smallest absolute Gasteiger partial charge is 0.362 e. The van der Waals surface area contributed by atoms with E-state index in [0.29, 0.717) is 5.88 Å². The molecule has 0 spiro atoms. The lowest BCUT2D eigenvalue weighted by Gasteiger charge is -2.07. The fourth-order valence-electron chi connectivity index (χ4n) is 0.961. The van der Waals surface area contributed by atoms with Crippen molar-refractivity contribution < 1.29 is 9.66 Å². The monoisotopic (exact) mass is 263 g/mol. The Morgan fingerprint density at radius 1 is 1.69 bits per heavy atom. The van der Waals surface area contributed by atoms with Gasteiger partial charge in [-0.2, -0.15) is 4.98 Å². The molecule has 0 aliphatic carbocycles. The first-order chi connectivity index (χ1) is 7.60. The van der Waals surface area contributed by atoms with Crippen molar-refractivity contribution in [3.63, 3.8) is 0 Å². The maximum Gasteiger partial charge on any atom is 0.362 e. The summed E-state index contributed by atoms with van der Waals surface area (Å²) in [7, 11) is 1.33. The standard InChI is InChI=1S/C8H10ClN3O3S/c1-5(3-9)16-8-6(12(13)14)7(15-2)10-4-11-8/h4-5H,3H2,1-2H3. The van der Waals surface area contributed by atoms with Crippen LogP contribution in [-0.2, 0) is 0 Å². The van der Waals surface area contributed by atoms with Crippen LogP contribution in [-0.4, -0.2) is 33.1 Å². The molecule has 1 aromatic rings. The van der Waals surface area contributed by atoms with Crippen LogP contribution in [0.4, 0.5) is 5.69 Å². The Bertz CT molecular complexity index is 391. The van der Waals surface area contributed by atoms with Crippen LogP contribution < -0.4 is 4.74 Å². The van der Waals surface area contributed by atoms with E-state index in [-0.39, 0.29) is 21.8 Å². The highest BCUT2D eigenvalue weighted by Crippen LogP contribution is 2.35. The topological polar surface area (TPSA) is 78.2 Å². The van der Waals surface area contributed by atoms with Crippen molar-refractivity contribution in [3.8, 4) is 5.88 Å². The van der Waals surface area contributed by atoms with Crippen molar-refractivity contribution in [2.24, 2.45) is 0 Å². The van der Waals surface area contributed by atoms with Crippen LogP contribution in [0.1, 0.15) is 6.92 Å². The average molecular weight is 264 g/mol. The van der Waals surface area contributed by atoms with Crippen LogP contribution >= 0.6 is 23.4 Å². The second-order valence-corrected chi connectivity index (χ2v) is 4.61. The Kier molecular flexibility index (Phi) is 4.75. The van der Waals surface area contributed by atoms with E-state index in [9.17, 15) is 10.1 Å². The van der Waals surface area contributed by atoms with Crippen molar-refractivity contribution in [2.75, 3.05) is 13.0 Å². The van der Waals surface area contributed by atoms with E-state index < -0.39 is 4.92 Å². The number of hydrogen-bond donors (Lipinski definition) is 0. The first-order valence-electron chi connectivity index (χ1n) is 4.36. The summed E-state index contributed by atoms with van der Waals surface area (Å²) in [6, 6.07) is 0. The molecular formula is C8H10ClN3O3S. The quantitative estimate of drug-likeness (QED) is 0.266. The molecule has 0 radical (unpaired) electrons. The Morgan fingerprint density at radius 3 is 2.88 bits per heavy atom. The molecule has 16 heavy (non-hydrogen) atoms. The molecule has 0 N–H and O–H groups in total. The number of thioether (sulfide) groups is 1. The van der Waals surface area contributed by atoms with Crippen molar-refractivity contribution >= 4 is 29.1 Å². The summed E-state index contributed by atoms with van der Waals surface area (Å²) in [6.07, 6.45) is 1.23. The van der Waals surface area contributed by atoms with Gasteiger partial charge in [-0.1, -0.05) is 18.7 Å². The minimum atomic E-state index is -0.553. The largest absolute Gasteiger partial charge is 0.476 e. The third kappa shape index (κ3) is 2.96. The zero-order valence-corrected chi connectivity index (χ0v) is 10.3. The second kappa shape index (κ2) is 5.86. The molecule has 0 amide bonds. The fourth-order valence-corrected chi connectivity index (χ4v) is 1.98. The van der Waals surface area contributed by atoms with Crippen LogP contribution in [0.2, 0.25) is 0 Å². The number of nitro groups is 1. The summed E-state index contributed by atoms with van der Waals surface area (Å²) in [5.41, 5.74) is -0.216. The van der Waals surface area contributed by atoms with E-state index in [1.807, 2.05) is 6.92 Å². The third-order valence-corrected chi connectivity index (χ3v) is 3.40. The predicted molar refractivity (Wildman–Crippen MR) is 61.3 cm³/mol. The molecule has 1 unspecified atom stereocenters. The molecule has 1 heterocycles.